The Kier molecular flexibility index (Phi) is 8.85. The first kappa shape index (κ1) is 25.6. The Morgan fingerprint density at radius 2 is 1.83 bits per heavy atom. The van der Waals surface area contributed by atoms with Crippen molar-refractivity contribution >= 4 is 16.7 Å². The third-order valence-corrected chi connectivity index (χ3v) is 6.59. The van der Waals surface area contributed by atoms with Crippen molar-refractivity contribution in [2.75, 3.05) is 14.2 Å². The fraction of sp³-hybridized carbons (Fsp3) is 0.367. The maximum atomic E-state index is 11.7. The molecule has 4 aromatic rings. The van der Waals surface area contributed by atoms with Crippen LogP contribution in [0.2, 0.25) is 0 Å². The van der Waals surface area contributed by atoms with Gasteiger partial charge in [0, 0.05) is 24.8 Å². The average molecular weight is 486 g/mol. The van der Waals surface area contributed by atoms with E-state index in [1.54, 1.807) is 13.3 Å². The number of ether oxygens (including phenoxy) is 1. The van der Waals surface area contributed by atoms with Gasteiger partial charge in [-0.05, 0) is 37.6 Å². The third kappa shape index (κ3) is 6.38. The van der Waals surface area contributed by atoms with Gasteiger partial charge in [-0.3, -0.25) is 9.69 Å². The molecule has 0 fully saturated rings. The summed E-state index contributed by atoms with van der Waals surface area (Å²) in [6.07, 6.45) is 6.90. The van der Waals surface area contributed by atoms with E-state index in [-0.39, 0.29) is 6.04 Å². The quantitative estimate of drug-likeness (QED) is 0.190. The number of carbonyl (C=O) groups excluding carboxylic acids is 1. The standard InChI is InChI=1S/C30H35N3O3/c1-4-24(34)16-9-6-10-18-27(33(2)21-22-13-7-5-8-14-22)30-31-20-28(36-30)25-19-23-15-11-12-17-26(23)32-29(25)35-3/h5,7-8,11-15,17,19-20,27H,4,6,9-10,16,18,21H2,1-3H3/t27-/m0/s1. The molecule has 4 rings (SSSR count). The fourth-order valence-electron chi connectivity index (χ4n) is 4.52. The highest BCUT2D eigenvalue weighted by Gasteiger charge is 2.24. The number of benzene rings is 2. The molecule has 0 saturated carbocycles. The van der Waals surface area contributed by atoms with E-state index in [0.717, 1.165) is 48.7 Å². The van der Waals surface area contributed by atoms with Crippen LogP contribution in [0.1, 0.15) is 62.9 Å². The van der Waals surface area contributed by atoms with Crippen molar-refractivity contribution in [3.63, 3.8) is 0 Å². The molecular weight excluding hydrogens is 450 g/mol. The molecular formula is C30H35N3O3. The van der Waals surface area contributed by atoms with Crippen molar-refractivity contribution in [2.45, 2.75) is 58.0 Å². The van der Waals surface area contributed by atoms with Crippen LogP contribution in [0.3, 0.4) is 0 Å². The molecule has 0 bridgehead atoms. The van der Waals surface area contributed by atoms with Crippen LogP contribution in [0.15, 0.2) is 71.3 Å². The third-order valence-electron chi connectivity index (χ3n) is 6.59. The summed E-state index contributed by atoms with van der Waals surface area (Å²) in [7, 11) is 3.73. The molecule has 0 unspecified atom stereocenters. The summed E-state index contributed by atoms with van der Waals surface area (Å²) < 4.78 is 12.0. The van der Waals surface area contributed by atoms with E-state index in [1.807, 2.05) is 43.3 Å². The lowest BCUT2D eigenvalue weighted by Crippen LogP contribution is -2.24. The first-order valence-corrected chi connectivity index (χ1v) is 12.7. The molecule has 1 atom stereocenters. The van der Waals surface area contributed by atoms with Crippen LogP contribution < -0.4 is 4.74 Å². The summed E-state index contributed by atoms with van der Waals surface area (Å²) in [5.41, 5.74) is 2.91. The number of hydrogen-bond donors (Lipinski definition) is 0. The lowest BCUT2D eigenvalue weighted by atomic mass is 10.0. The number of hydrogen-bond acceptors (Lipinski definition) is 6. The number of fused-ring (bicyclic) bond motifs is 1. The van der Waals surface area contributed by atoms with Crippen LogP contribution in [0.25, 0.3) is 22.2 Å². The maximum absolute atomic E-state index is 11.7. The summed E-state index contributed by atoms with van der Waals surface area (Å²) in [5, 5.41) is 1.02. The lowest BCUT2D eigenvalue weighted by Gasteiger charge is -2.26. The van der Waals surface area contributed by atoms with Crippen molar-refractivity contribution < 1.29 is 13.9 Å². The van der Waals surface area contributed by atoms with Gasteiger partial charge in [0.2, 0.25) is 11.8 Å². The minimum absolute atomic E-state index is 0.0141. The number of aromatic nitrogens is 2. The number of pyridine rings is 1. The number of ketones is 1. The van der Waals surface area contributed by atoms with Crippen LogP contribution in [-0.2, 0) is 11.3 Å². The molecule has 0 N–H and O–H groups in total. The Morgan fingerprint density at radius 3 is 2.61 bits per heavy atom. The monoisotopic (exact) mass is 485 g/mol. The normalized spacial score (nSPS) is 12.2. The van der Waals surface area contributed by atoms with Crippen LogP contribution >= 0.6 is 0 Å². The average Bonchev–Trinajstić information content (AvgIpc) is 3.39. The van der Waals surface area contributed by atoms with Crippen LogP contribution in [0, 0.1) is 0 Å². The summed E-state index contributed by atoms with van der Waals surface area (Å²) in [5.74, 6) is 2.18. The summed E-state index contributed by atoms with van der Waals surface area (Å²) in [4.78, 5) is 23.3. The van der Waals surface area contributed by atoms with Gasteiger partial charge in [-0.2, -0.15) is 0 Å². The van der Waals surface area contributed by atoms with E-state index in [4.69, 9.17) is 14.1 Å². The minimum atomic E-state index is 0.0141. The van der Waals surface area contributed by atoms with Gasteiger partial charge in [0.05, 0.1) is 30.4 Å². The van der Waals surface area contributed by atoms with Gasteiger partial charge in [-0.15, -0.1) is 0 Å². The fourth-order valence-corrected chi connectivity index (χ4v) is 4.52. The molecule has 0 aliphatic rings. The Bertz CT molecular complexity index is 1270. The number of Topliss-reactive ketones (excluding diaryl/α,β-unsaturated/α-hetero) is 1. The SMILES string of the molecule is CCC(=O)CCCCC[C@@H](c1ncc(-c2cc3ccccc3nc2OC)o1)N(C)Cc1ccccc1. The molecule has 6 nitrogen and oxygen atoms in total. The molecule has 36 heavy (non-hydrogen) atoms. The van der Waals surface area contributed by atoms with Gasteiger partial charge in [-0.1, -0.05) is 68.3 Å². The zero-order valence-corrected chi connectivity index (χ0v) is 21.4. The Hall–Kier alpha value is -3.51. The number of para-hydroxylation sites is 1. The van der Waals surface area contributed by atoms with E-state index in [9.17, 15) is 4.79 Å². The van der Waals surface area contributed by atoms with Crippen LogP contribution in [0.5, 0.6) is 5.88 Å². The highest BCUT2D eigenvalue weighted by Crippen LogP contribution is 2.35. The van der Waals surface area contributed by atoms with Crippen molar-refractivity contribution in [2.24, 2.45) is 0 Å². The van der Waals surface area contributed by atoms with E-state index in [1.165, 1.54) is 5.56 Å². The van der Waals surface area contributed by atoms with E-state index >= 15 is 0 Å². The second kappa shape index (κ2) is 12.5. The topological polar surface area (TPSA) is 68.5 Å². The van der Waals surface area contributed by atoms with Crippen molar-refractivity contribution in [3.05, 3.63) is 78.3 Å². The molecule has 0 radical (unpaired) electrons. The first-order valence-electron chi connectivity index (χ1n) is 12.7. The number of rotatable bonds is 13. The number of carbonyl (C=O) groups is 1. The maximum Gasteiger partial charge on any atom is 0.224 e. The Labute approximate surface area is 213 Å². The smallest absolute Gasteiger partial charge is 0.224 e. The Balaban J connectivity index is 1.56. The minimum Gasteiger partial charge on any atom is -0.480 e. The number of nitrogens with zero attached hydrogens (tertiary/aromatic N) is 3. The Morgan fingerprint density at radius 1 is 1.06 bits per heavy atom. The molecule has 2 aromatic carbocycles. The largest absolute Gasteiger partial charge is 0.480 e. The van der Waals surface area contributed by atoms with Crippen molar-refractivity contribution in [3.8, 4) is 17.2 Å². The molecule has 2 heterocycles. The molecule has 2 aromatic heterocycles. The second-order valence-corrected chi connectivity index (χ2v) is 9.21. The molecule has 6 heteroatoms. The molecule has 188 valence electrons. The van der Waals surface area contributed by atoms with Crippen LogP contribution in [0.4, 0.5) is 0 Å². The summed E-state index contributed by atoms with van der Waals surface area (Å²) in [6.45, 7) is 2.72. The molecule has 0 amide bonds. The molecule has 0 saturated heterocycles. The highest BCUT2D eigenvalue weighted by molar-refractivity contribution is 5.85. The predicted molar refractivity (Wildman–Crippen MR) is 143 cm³/mol. The molecule has 0 aliphatic heterocycles. The second-order valence-electron chi connectivity index (χ2n) is 9.21. The number of unbranched alkanes of at least 4 members (excludes halogenated alkanes) is 2. The summed E-state index contributed by atoms with van der Waals surface area (Å²) >= 11 is 0. The predicted octanol–water partition coefficient (Wildman–Crippen LogP) is 7.00. The van der Waals surface area contributed by atoms with Crippen molar-refractivity contribution in [1.29, 1.82) is 0 Å². The summed E-state index contributed by atoms with van der Waals surface area (Å²) in [6, 6.07) is 20.4. The highest BCUT2D eigenvalue weighted by atomic mass is 16.5. The van der Waals surface area contributed by atoms with Gasteiger partial charge < -0.3 is 9.15 Å². The molecule has 0 aliphatic carbocycles. The van der Waals surface area contributed by atoms with Crippen molar-refractivity contribution in [1.82, 2.24) is 14.9 Å². The van der Waals surface area contributed by atoms with Gasteiger partial charge in [0.1, 0.15) is 5.78 Å². The number of oxazole rings is 1. The van der Waals surface area contributed by atoms with Gasteiger partial charge in [0.25, 0.3) is 0 Å². The van der Waals surface area contributed by atoms with E-state index < -0.39 is 0 Å². The van der Waals surface area contributed by atoms with Crippen LogP contribution in [-0.4, -0.2) is 34.8 Å². The lowest BCUT2D eigenvalue weighted by molar-refractivity contribution is -0.118. The van der Waals surface area contributed by atoms with E-state index in [0.29, 0.717) is 36.2 Å². The van der Waals surface area contributed by atoms with Gasteiger partial charge in [-0.25, -0.2) is 9.97 Å². The first-order chi connectivity index (χ1) is 17.6. The zero-order valence-electron chi connectivity index (χ0n) is 21.4. The van der Waals surface area contributed by atoms with E-state index in [2.05, 4.69) is 41.2 Å². The zero-order chi connectivity index (χ0) is 25.3. The molecule has 0 spiro atoms. The van der Waals surface area contributed by atoms with Gasteiger partial charge >= 0.3 is 0 Å². The van der Waals surface area contributed by atoms with Gasteiger partial charge in [0.15, 0.2) is 5.76 Å². The number of methoxy groups -OCH3 is 1.